The van der Waals surface area contributed by atoms with Crippen molar-refractivity contribution in [2.75, 3.05) is 37.7 Å². The predicted molar refractivity (Wildman–Crippen MR) is 148 cm³/mol. The second-order valence-corrected chi connectivity index (χ2v) is 12.9. The van der Waals surface area contributed by atoms with Crippen LogP contribution < -0.4 is 15.2 Å². The zero-order valence-electron chi connectivity index (χ0n) is 22.6. The van der Waals surface area contributed by atoms with Crippen LogP contribution in [0.5, 0.6) is 5.75 Å². The van der Waals surface area contributed by atoms with E-state index in [9.17, 15) is 22.0 Å². The van der Waals surface area contributed by atoms with E-state index in [1.165, 1.54) is 10.5 Å². The molecule has 41 heavy (non-hydrogen) atoms. The molecule has 0 atom stereocenters. The average molecular weight is 586 g/mol. The molecule has 0 amide bonds. The third kappa shape index (κ3) is 5.68. The molecule has 0 bridgehead atoms. The van der Waals surface area contributed by atoms with Gasteiger partial charge in [-0.3, -0.25) is 4.79 Å². The van der Waals surface area contributed by atoms with E-state index in [4.69, 9.17) is 9.15 Å². The van der Waals surface area contributed by atoms with Gasteiger partial charge in [-0.25, -0.2) is 22.2 Å². The van der Waals surface area contributed by atoms with Gasteiger partial charge < -0.3 is 14.1 Å². The highest BCUT2D eigenvalue weighted by Crippen LogP contribution is 2.45. The third-order valence-corrected chi connectivity index (χ3v) is 9.41. The first-order chi connectivity index (χ1) is 19.5. The summed E-state index contributed by atoms with van der Waals surface area (Å²) in [6.45, 7) is 5.08. The molecule has 0 spiro atoms. The fraction of sp³-hybridized carbons (Fsp3) is 0.393. The molecule has 10 nitrogen and oxygen atoms in total. The lowest BCUT2D eigenvalue weighted by atomic mass is 10.2. The Morgan fingerprint density at radius 1 is 1.05 bits per heavy atom. The first-order valence-corrected chi connectivity index (χ1v) is 14.9. The van der Waals surface area contributed by atoms with Crippen LogP contribution in [0.3, 0.4) is 0 Å². The van der Waals surface area contributed by atoms with Gasteiger partial charge in [0.05, 0.1) is 24.2 Å². The Balaban J connectivity index is 1.22. The van der Waals surface area contributed by atoms with E-state index < -0.39 is 27.2 Å². The largest absolute Gasteiger partial charge is 0.486 e. The van der Waals surface area contributed by atoms with Gasteiger partial charge in [-0.1, -0.05) is 13.0 Å². The molecule has 4 aromatic rings. The van der Waals surface area contributed by atoms with Crippen LogP contribution in [0.2, 0.25) is 0 Å². The minimum atomic E-state index is -3.63. The Labute approximate surface area is 235 Å². The third-order valence-electron chi connectivity index (χ3n) is 7.56. The lowest BCUT2D eigenvalue weighted by Crippen LogP contribution is -2.49. The van der Waals surface area contributed by atoms with Crippen LogP contribution in [0.4, 0.5) is 14.5 Å². The van der Waals surface area contributed by atoms with Gasteiger partial charge in [-0.2, -0.15) is 14.1 Å². The number of anilines is 1. The number of fused-ring (bicyclic) bond motifs is 1. The van der Waals surface area contributed by atoms with E-state index in [2.05, 4.69) is 17.0 Å². The Bertz CT molecular complexity index is 1770. The van der Waals surface area contributed by atoms with Crippen molar-refractivity contribution in [3.63, 3.8) is 0 Å². The zero-order valence-corrected chi connectivity index (χ0v) is 23.5. The van der Waals surface area contributed by atoms with Gasteiger partial charge in [-0.15, -0.1) is 0 Å². The molecule has 1 aliphatic carbocycles. The van der Waals surface area contributed by atoms with Crippen LogP contribution in [0.25, 0.3) is 16.8 Å². The number of hydrogen-bond acceptors (Lipinski definition) is 8. The summed E-state index contributed by atoms with van der Waals surface area (Å²) in [7, 11) is -3.63. The summed E-state index contributed by atoms with van der Waals surface area (Å²) in [6.07, 6.45) is 3.36. The molecule has 2 aliphatic rings. The molecule has 13 heteroatoms. The highest BCUT2D eigenvalue weighted by atomic mass is 32.2. The summed E-state index contributed by atoms with van der Waals surface area (Å²) in [4.78, 5) is 19.6. The summed E-state index contributed by atoms with van der Waals surface area (Å²) in [5.41, 5.74) is 1.47. The molecule has 2 aromatic carbocycles. The van der Waals surface area contributed by atoms with Gasteiger partial charge in [-0.05, 0) is 42.7 Å². The van der Waals surface area contributed by atoms with Crippen LogP contribution >= 0.6 is 0 Å². The van der Waals surface area contributed by atoms with Crippen molar-refractivity contribution in [1.82, 2.24) is 19.1 Å². The first-order valence-electron chi connectivity index (χ1n) is 13.3. The molecular formula is C28H29F2N5O5S. The number of sulfonamides is 1. The SMILES string of the molecule is Cc1nc2ccc(CS(=O)(=O)N3CCN(c4cnn(-c5cc(F)cc(F)c5)c(=O)c4OCC4(C)CC4)CC3)cc2o1. The fourth-order valence-electron chi connectivity index (χ4n) is 4.92. The fourth-order valence-corrected chi connectivity index (χ4v) is 6.43. The summed E-state index contributed by atoms with van der Waals surface area (Å²) in [6, 6.07) is 7.93. The van der Waals surface area contributed by atoms with Crippen molar-refractivity contribution in [3.8, 4) is 11.4 Å². The average Bonchev–Trinajstić information content (AvgIpc) is 3.53. The maximum Gasteiger partial charge on any atom is 0.316 e. The highest BCUT2D eigenvalue weighted by molar-refractivity contribution is 7.88. The molecule has 216 valence electrons. The smallest absolute Gasteiger partial charge is 0.316 e. The molecular weight excluding hydrogens is 556 g/mol. The van der Waals surface area contributed by atoms with Gasteiger partial charge in [0.2, 0.25) is 15.8 Å². The number of aryl methyl sites for hydroxylation is 1. The number of ether oxygens (including phenoxy) is 1. The molecule has 6 rings (SSSR count). The Hall–Kier alpha value is -3.84. The molecule has 3 heterocycles. The Kier molecular flexibility index (Phi) is 6.81. The molecule has 1 saturated heterocycles. The second kappa shape index (κ2) is 10.2. The molecule has 2 aromatic heterocycles. The van der Waals surface area contributed by atoms with Gasteiger partial charge in [0, 0.05) is 44.6 Å². The number of aromatic nitrogens is 3. The minimum Gasteiger partial charge on any atom is -0.486 e. The molecule has 0 unspecified atom stereocenters. The number of benzene rings is 2. The van der Waals surface area contributed by atoms with E-state index in [0.717, 1.165) is 35.7 Å². The van der Waals surface area contributed by atoms with Crippen LogP contribution in [0.15, 0.2) is 51.8 Å². The lowest BCUT2D eigenvalue weighted by Gasteiger charge is -2.35. The van der Waals surface area contributed by atoms with Gasteiger partial charge in [0.25, 0.3) is 0 Å². The maximum atomic E-state index is 13.9. The molecule has 0 N–H and O–H groups in total. The molecule has 2 fully saturated rings. The van der Waals surface area contributed by atoms with E-state index in [-0.39, 0.29) is 35.7 Å². The molecule has 0 radical (unpaired) electrons. The van der Waals surface area contributed by atoms with Crippen LogP contribution in [-0.4, -0.2) is 60.3 Å². The van der Waals surface area contributed by atoms with Crippen molar-refractivity contribution < 1.29 is 26.4 Å². The monoisotopic (exact) mass is 585 g/mol. The second-order valence-electron chi connectivity index (χ2n) is 11.0. The van der Waals surface area contributed by atoms with Gasteiger partial charge in [0.15, 0.2) is 11.5 Å². The van der Waals surface area contributed by atoms with Crippen molar-refractivity contribution in [2.45, 2.75) is 32.4 Å². The van der Waals surface area contributed by atoms with E-state index in [1.54, 1.807) is 25.1 Å². The summed E-state index contributed by atoms with van der Waals surface area (Å²) in [5, 5.41) is 4.18. The zero-order chi connectivity index (χ0) is 28.9. The van der Waals surface area contributed by atoms with Crippen LogP contribution in [0.1, 0.15) is 31.2 Å². The van der Waals surface area contributed by atoms with Gasteiger partial charge in [0.1, 0.15) is 22.8 Å². The number of oxazole rings is 1. The van der Waals surface area contributed by atoms with Gasteiger partial charge >= 0.3 is 5.56 Å². The van der Waals surface area contributed by atoms with Crippen LogP contribution in [0, 0.1) is 24.0 Å². The van der Waals surface area contributed by atoms with Crippen molar-refractivity contribution in [3.05, 3.63) is 76.0 Å². The summed E-state index contributed by atoms with van der Waals surface area (Å²) in [5.74, 6) is -1.32. The maximum absolute atomic E-state index is 13.9. The van der Waals surface area contributed by atoms with Crippen molar-refractivity contribution in [2.24, 2.45) is 5.41 Å². The lowest BCUT2D eigenvalue weighted by molar-refractivity contribution is 0.242. The number of rotatable bonds is 8. The number of nitrogens with zero attached hydrogens (tertiary/aromatic N) is 5. The minimum absolute atomic E-state index is 0.0183. The number of hydrogen-bond donors (Lipinski definition) is 0. The van der Waals surface area contributed by atoms with E-state index in [1.807, 2.05) is 4.90 Å². The highest BCUT2D eigenvalue weighted by Gasteiger charge is 2.39. The van der Waals surface area contributed by atoms with Crippen molar-refractivity contribution >= 4 is 26.8 Å². The van der Waals surface area contributed by atoms with E-state index in [0.29, 0.717) is 47.9 Å². The van der Waals surface area contributed by atoms with E-state index >= 15 is 0 Å². The first kappa shape index (κ1) is 27.3. The topological polar surface area (TPSA) is 111 Å². The quantitative estimate of drug-likeness (QED) is 0.307. The summed E-state index contributed by atoms with van der Waals surface area (Å²) >= 11 is 0. The number of piperazine rings is 1. The summed E-state index contributed by atoms with van der Waals surface area (Å²) < 4.78 is 68.2. The predicted octanol–water partition coefficient (Wildman–Crippen LogP) is 3.79. The Morgan fingerprint density at radius 2 is 1.76 bits per heavy atom. The molecule has 1 aliphatic heterocycles. The number of halogens is 2. The van der Waals surface area contributed by atoms with Crippen LogP contribution in [-0.2, 0) is 15.8 Å². The Morgan fingerprint density at radius 3 is 2.44 bits per heavy atom. The molecule has 1 saturated carbocycles. The normalized spacial score (nSPS) is 17.2. The standard InChI is InChI=1S/C28H29F2N5O5S/c1-18-32-23-4-3-19(11-25(23)40-18)16-41(37,38)34-9-7-33(8-10-34)24-15-31-35(22-13-20(29)12-21(30)14-22)27(36)26(24)39-17-28(2)5-6-28/h3-4,11-15H,5-10,16-17H2,1-2H3. The van der Waals surface area contributed by atoms with Crippen molar-refractivity contribution in [1.29, 1.82) is 0 Å².